The van der Waals surface area contributed by atoms with Crippen molar-refractivity contribution in [3.05, 3.63) is 53.2 Å². The molecule has 0 radical (unpaired) electrons. The molecule has 3 aromatic rings. The smallest absolute Gasteiger partial charge is 0.253 e. The van der Waals surface area contributed by atoms with Crippen LogP contribution in [0.15, 0.2) is 36.4 Å². The van der Waals surface area contributed by atoms with Crippen molar-refractivity contribution < 1.29 is 19.1 Å². The predicted octanol–water partition coefficient (Wildman–Crippen LogP) is 3.52. The Kier molecular flexibility index (Phi) is 4.27. The number of rotatable bonds is 2. The summed E-state index contributed by atoms with van der Waals surface area (Å²) in [5.74, 6) is 1.30. The quantitative estimate of drug-likeness (QED) is 0.705. The number of methoxy groups -OCH3 is 1. The molecule has 3 heterocycles. The lowest BCUT2D eigenvalue weighted by Gasteiger charge is -2.44. The second kappa shape index (κ2) is 6.86. The van der Waals surface area contributed by atoms with Crippen LogP contribution in [-0.2, 0) is 0 Å². The van der Waals surface area contributed by atoms with E-state index >= 15 is 0 Å². The summed E-state index contributed by atoms with van der Waals surface area (Å²) >= 11 is 0. The van der Waals surface area contributed by atoms with Gasteiger partial charge in [-0.15, -0.1) is 0 Å². The molecule has 154 valence electrons. The predicted molar refractivity (Wildman–Crippen MR) is 111 cm³/mol. The van der Waals surface area contributed by atoms with Crippen molar-refractivity contribution in [2.45, 2.75) is 31.8 Å². The number of amides is 1. The summed E-state index contributed by atoms with van der Waals surface area (Å²) < 4.78 is 11.5. The number of carbonyl (C=O) groups excluding carboxylic acids is 2. The SMILES string of the molecule is COc1ccc2c(c1)C(=O)CC1(CCN(C(=O)c3ccc4c(C)[nH]nc4c3)CC1)O2. The molecule has 30 heavy (non-hydrogen) atoms. The zero-order chi connectivity index (χ0) is 20.9. The van der Waals surface area contributed by atoms with Gasteiger partial charge in [-0.25, -0.2) is 0 Å². The molecule has 1 aromatic heterocycles. The first kappa shape index (κ1) is 18.7. The van der Waals surface area contributed by atoms with Crippen molar-refractivity contribution >= 4 is 22.6 Å². The van der Waals surface area contributed by atoms with E-state index in [9.17, 15) is 9.59 Å². The largest absolute Gasteiger partial charge is 0.497 e. The zero-order valence-electron chi connectivity index (χ0n) is 17.0. The van der Waals surface area contributed by atoms with E-state index in [0.717, 1.165) is 16.6 Å². The highest BCUT2D eigenvalue weighted by atomic mass is 16.5. The Bertz CT molecular complexity index is 1160. The maximum absolute atomic E-state index is 13.0. The van der Waals surface area contributed by atoms with Gasteiger partial charge in [-0.1, -0.05) is 6.07 Å². The molecule has 1 N–H and O–H groups in total. The first-order chi connectivity index (χ1) is 14.5. The van der Waals surface area contributed by atoms with Crippen LogP contribution in [0.5, 0.6) is 11.5 Å². The summed E-state index contributed by atoms with van der Waals surface area (Å²) in [6.45, 7) is 3.06. The van der Waals surface area contributed by atoms with Crippen LogP contribution in [0.3, 0.4) is 0 Å². The third-order valence-corrected chi connectivity index (χ3v) is 6.25. The van der Waals surface area contributed by atoms with Gasteiger partial charge in [-0.2, -0.15) is 5.10 Å². The summed E-state index contributed by atoms with van der Waals surface area (Å²) in [7, 11) is 1.58. The Morgan fingerprint density at radius 3 is 2.77 bits per heavy atom. The van der Waals surface area contributed by atoms with Crippen LogP contribution in [0.2, 0.25) is 0 Å². The second-order valence-electron chi connectivity index (χ2n) is 8.12. The van der Waals surface area contributed by atoms with Crippen molar-refractivity contribution in [2.24, 2.45) is 0 Å². The number of carbonyl (C=O) groups is 2. The number of ether oxygens (including phenoxy) is 2. The van der Waals surface area contributed by atoms with E-state index in [1.54, 1.807) is 25.3 Å². The topological polar surface area (TPSA) is 84.5 Å². The Balaban J connectivity index is 1.31. The van der Waals surface area contributed by atoms with Crippen LogP contribution >= 0.6 is 0 Å². The van der Waals surface area contributed by atoms with Gasteiger partial charge in [-0.05, 0) is 37.3 Å². The van der Waals surface area contributed by atoms with Crippen LogP contribution in [-0.4, -0.2) is 52.6 Å². The van der Waals surface area contributed by atoms with Crippen LogP contribution in [0.25, 0.3) is 10.9 Å². The average molecular weight is 405 g/mol. The molecular formula is C23H23N3O4. The number of piperidine rings is 1. The number of Topliss-reactive ketones (excluding diaryl/α,β-unsaturated/α-hetero) is 1. The van der Waals surface area contributed by atoms with Crippen LogP contribution in [0.1, 0.15) is 45.7 Å². The molecule has 7 nitrogen and oxygen atoms in total. The van der Waals surface area contributed by atoms with Crippen LogP contribution in [0, 0.1) is 6.92 Å². The van der Waals surface area contributed by atoms with Gasteiger partial charge in [0.05, 0.1) is 24.6 Å². The molecule has 1 amide bonds. The molecule has 1 fully saturated rings. The van der Waals surface area contributed by atoms with Gasteiger partial charge in [0, 0.05) is 42.6 Å². The number of H-pyrrole nitrogens is 1. The second-order valence-corrected chi connectivity index (χ2v) is 8.12. The number of aromatic amines is 1. The molecule has 7 heteroatoms. The highest BCUT2D eigenvalue weighted by molar-refractivity contribution is 6.01. The Hall–Kier alpha value is -3.35. The fourth-order valence-corrected chi connectivity index (χ4v) is 4.46. The summed E-state index contributed by atoms with van der Waals surface area (Å²) in [5, 5.41) is 8.23. The maximum Gasteiger partial charge on any atom is 0.253 e. The summed E-state index contributed by atoms with van der Waals surface area (Å²) in [5.41, 5.74) is 2.43. The first-order valence-corrected chi connectivity index (χ1v) is 10.1. The van der Waals surface area contributed by atoms with E-state index in [0.29, 0.717) is 55.0 Å². The van der Waals surface area contributed by atoms with Gasteiger partial charge in [0.2, 0.25) is 0 Å². The number of likely N-dealkylation sites (tertiary alicyclic amines) is 1. The van der Waals surface area contributed by atoms with E-state index in [1.807, 2.05) is 30.0 Å². The van der Waals surface area contributed by atoms with E-state index in [-0.39, 0.29) is 11.7 Å². The third-order valence-electron chi connectivity index (χ3n) is 6.25. The van der Waals surface area contributed by atoms with E-state index < -0.39 is 5.60 Å². The van der Waals surface area contributed by atoms with Gasteiger partial charge in [0.25, 0.3) is 5.91 Å². The van der Waals surface area contributed by atoms with Gasteiger partial charge >= 0.3 is 0 Å². The van der Waals surface area contributed by atoms with Crippen molar-refractivity contribution in [3.8, 4) is 11.5 Å². The average Bonchev–Trinajstić information content (AvgIpc) is 3.14. The monoisotopic (exact) mass is 405 g/mol. The number of aryl methyl sites for hydroxylation is 1. The fraction of sp³-hybridized carbons (Fsp3) is 0.348. The lowest BCUT2D eigenvalue weighted by molar-refractivity contribution is -0.00576. The zero-order valence-corrected chi connectivity index (χ0v) is 17.0. The van der Waals surface area contributed by atoms with Crippen LogP contribution < -0.4 is 9.47 Å². The Morgan fingerprint density at radius 1 is 1.20 bits per heavy atom. The molecule has 0 unspecified atom stereocenters. The minimum absolute atomic E-state index is 0.0142. The van der Waals surface area contributed by atoms with E-state index in [1.165, 1.54) is 0 Å². The molecular weight excluding hydrogens is 382 g/mol. The molecule has 0 aliphatic carbocycles. The summed E-state index contributed by atoms with van der Waals surface area (Å²) in [4.78, 5) is 27.6. The lowest BCUT2D eigenvalue weighted by atomic mass is 9.82. The lowest BCUT2D eigenvalue weighted by Crippen LogP contribution is -2.52. The normalized spacial score (nSPS) is 17.7. The molecule has 0 saturated carbocycles. The van der Waals surface area contributed by atoms with Crippen molar-refractivity contribution in [2.75, 3.05) is 20.2 Å². The summed E-state index contributed by atoms with van der Waals surface area (Å²) in [6.07, 6.45) is 1.58. The number of fused-ring (bicyclic) bond motifs is 2. The number of benzene rings is 2. The molecule has 5 rings (SSSR count). The number of ketones is 1. The Morgan fingerprint density at radius 2 is 2.00 bits per heavy atom. The van der Waals surface area contributed by atoms with Crippen molar-refractivity contribution in [1.82, 2.24) is 15.1 Å². The summed E-state index contributed by atoms with van der Waals surface area (Å²) in [6, 6.07) is 10.9. The molecule has 2 aromatic carbocycles. The minimum Gasteiger partial charge on any atom is -0.497 e. The highest BCUT2D eigenvalue weighted by Crippen LogP contribution is 2.40. The third kappa shape index (κ3) is 3.01. The number of nitrogens with zero attached hydrogens (tertiary/aromatic N) is 2. The van der Waals surface area contributed by atoms with Crippen LogP contribution in [0.4, 0.5) is 0 Å². The van der Waals surface area contributed by atoms with E-state index in [4.69, 9.17) is 9.47 Å². The number of hydrogen-bond acceptors (Lipinski definition) is 5. The van der Waals surface area contributed by atoms with Gasteiger partial charge in [0.15, 0.2) is 5.78 Å². The molecule has 1 saturated heterocycles. The van der Waals surface area contributed by atoms with Gasteiger partial charge in [-0.3, -0.25) is 14.7 Å². The van der Waals surface area contributed by atoms with Gasteiger partial charge < -0.3 is 14.4 Å². The molecule has 2 aliphatic rings. The Labute approximate surface area is 174 Å². The number of hydrogen-bond donors (Lipinski definition) is 1. The fourth-order valence-electron chi connectivity index (χ4n) is 4.46. The minimum atomic E-state index is -0.543. The molecule has 2 aliphatic heterocycles. The van der Waals surface area contributed by atoms with E-state index in [2.05, 4.69) is 10.2 Å². The highest BCUT2D eigenvalue weighted by Gasteiger charge is 2.43. The van der Waals surface area contributed by atoms with Crippen molar-refractivity contribution in [1.29, 1.82) is 0 Å². The first-order valence-electron chi connectivity index (χ1n) is 10.1. The maximum atomic E-state index is 13.0. The number of aromatic nitrogens is 2. The molecule has 0 atom stereocenters. The molecule has 0 bridgehead atoms. The number of nitrogens with one attached hydrogen (secondary N) is 1. The standard InChI is InChI=1S/C23H23N3O4/c1-14-17-5-3-15(11-19(17)25-24-14)22(28)26-9-7-23(8-10-26)13-20(27)18-12-16(29-2)4-6-21(18)30-23/h3-6,11-12H,7-10,13H2,1-2H3,(H,24,25). The molecule has 1 spiro atoms. The van der Waals surface area contributed by atoms with Crippen molar-refractivity contribution in [3.63, 3.8) is 0 Å². The van der Waals surface area contributed by atoms with Gasteiger partial charge in [0.1, 0.15) is 17.1 Å².